The van der Waals surface area contributed by atoms with Crippen LogP contribution in [0.4, 0.5) is 0 Å². The molecule has 0 amide bonds. The van der Waals surface area contributed by atoms with Crippen LogP contribution in [0.5, 0.6) is 0 Å². The summed E-state index contributed by atoms with van der Waals surface area (Å²) in [6.45, 7) is 4.66. The van der Waals surface area contributed by atoms with Crippen molar-refractivity contribution in [3.8, 4) is 0 Å². The third-order valence-electron chi connectivity index (χ3n) is 4.39. The van der Waals surface area contributed by atoms with Crippen molar-refractivity contribution in [2.24, 2.45) is 5.73 Å². The van der Waals surface area contributed by atoms with Crippen LogP contribution in [0.3, 0.4) is 0 Å². The third kappa shape index (κ3) is 3.41. The number of rotatable bonds is 3. The molecule has 4 atom stereocenters. The van der Waals surface area contributed by atoms with Gasteiger partial charge in [-0.05, 0) is 22.8 Å². The summed E-state index contributed by atoms with van der Waals surface area (Å²) < 4.78 is 0. The van der Waals surface area contributed by atoms with Crippen LogP contribution in [0, 0.1) is 0 Å². The highest BCUT2D eigenvalue weighted by Gasteiger charge is 2.29. The molecular weight excluding hydrogens is 294 g/mol. The lowest BCUT2D eigenvalue weighted by Crippen LogP contribution is -2.41. The molecule has 21 heavy (non-hydrogen) atoms. The van der Waals surface area contributed by atoms with E-state index in [1.807, 2.05) is 0 Å². The van der Waals surface area contributed by atoms with E-state index in [-0.39, 0.29) is 6.04 Å². The fourth-order valence-electron chi connectivity index (χ4n) is 2.89. The van der Waals surface area contributed by atoms with Gasteiger partial charge in [0.15, 0.2) is 0 Å². The third-order valence-corrected chi connectivity index (χ3v) is 7.96. The van der Waals surface area contributed by atoms with Gasteiger partial charge in [0.25, 0.3) is 0 Å². The van der Waals surface area contributed by atoms with Gasteiger partial charge in [0.2, 0.25) is 0 Å². The molecule has 3 heteroatoms. The van der Waals surface area contributed by atoms with Gasteiger partial charge >= 0.3 is 0 Å². The lowest BCUT2D eigenvalue weighted by atomic mass is 9.98. The summed E-state index contributed by atoms with van der Waals surface area (Å²) in [6.07, 6.45) is 0.973. The van der Waals surface area contributed by atoms with Crippen molar-refractivity contribution in [1.82, 2.24) is 0 Å². The fourth-order valence-corrected chi connectivity index (χ4v) is 5.95. The molecule has 112 valence electrons. The average Bonchev–Trinajstić information content (AvgIpc) is 2.50. The highest BCUT2D eigenvalue weighted by atomic mass is 32.2. The van der Waals surface area contributed by atoms with Gasteiger partial charge in [0.05, 0.1) is 0 Å². The van der Waals surface area contributed by atoms with Gasteiger partial charge in [-0.25, -0.2) is 0 Å². The molecular formula is C18H23NS2. The molecule has 0 bridgehead atoms. The Morgan fingerprint density at radius 1 is 1.10 bits per heavy atom. The Bertz CT molecular complexity index is 608. The van der Waals surface area contributed by atoms with Crippen LogP contribution >= 0.6 is 23.5 Å². The number of fused-ring (bicyclic) bond motifs is 1. The lowest BCUT2D eigenvalue weighted by Gasteiger charge is -2.34. The molecule has 1 aliphatic rings. The SMILES string of the molecule is CC1SCC(C(N)Cc2cccc3ccccc23)SC1C. The summed E-state index contributed by atoms with van der Waals surface area (Å²) in [7, 11) is 0. The van der Waals surface area contributed by atoms with Crippen molar-refractivity contribution in [3.05, 3.63) is 48.0 Å². The largest absolute Gasteiger partial charge is 0.326 e. The molecule has 3 rings (SSSR count). The predicted octanol–water partition coefficient (Wildman–Crippen LogP) is 4.34. The number of thioether (sulfide) groups is 2. The van der Waals surface area contributed by atoms with E-state index in [0.717, 1.165) is 11.7 Å². The maximum atomic E-state index is 6.54. The Hall–Kier alpha value is -0.640. The Morgan fingerprint density at radius 2 is 1.86 bits per heavy atom. The van der Waals surface area contributed by atoms with Crippen molar-refractivity contribution in [2.75, 3.05) is 5.75 Å². The molecule has 2 N–H and O–H groups in total. The highest BCUT2D eigenvalue weighted by Crippen LogP contribution is 2.37. The van der Waals surface area contributed by atoms with Gasteiger partial charge in [-0.3, -0.25) is 0 Å². The van der Waals surface area contributed by atoms with Gasteiger partial charge in [0.1, 0.15) is 0 Å². The molecule has 4 unspecified atom stereocenters. The normalized spacial score (nSPS) is 27.7. The first-order valence-corrected chi connectivity index (χ1v) is 9.63. The van der Waals surface area contributed by atoms with Gasteiger partial charge in [-0.15, -0.1) is 0 Å². The molecule has 1 nitrogen and oxygen atoms in total. The number of nitrogens with two attached hydrogens (primary N) is 1. The second-order valence-electron chi connectivity index (χ2n) is 5.92. The van der Waals surface area contributed by atoms with E-state index in [4.69, 9.17) is 5.73 Å². The quantitative estimate of drug-likeness (QED) is 0.912. The second-order valence-corrected chi connectivity index (χ2v) is 8.96. The number of benzene rings is 2. The summed E-state index contributed by atoms with van der Waals surface area (Å²) in [4.78, 5) is 0. The molecule has 1 aliphatic heterocycles. The summed E-state index contributed by atoms with van der Waals surface area (Å²) in [5.74, 6) is 1.18. The zero-order valence-electron chi connectivity index (χ0n) is 12.7. The van der Waals surface area contributed by atoms with Crippen LogP contribution in [-0.2, 0) is 6.42 Å². The van der Waals surface area contributed by atoms with Crippen LogP contribution in [0.15, 0.2) is 42.5 Å². The van der Waals surface area contributed by atoms with Crippen molar-refractivity contribution >= 4 is 34.3 Å². The fraction of sp³-hybridized carbons (Fsp3) is 0.444. The molecule has 0 spiro atoms. The Labute approximate surface area is 136 Å². The first-order chi connectivity index (χ1) is 10.1. The molecule has 0 radical (unpaired) electrons. The van der Waals surface area contributed by atoms with Crippen molar-refractivity contribution in [2.45, 2.75) is 42.1 Å². The zero-order chi connectivity index (χ0) is 14.8. The maximum absolute atomic E-state index is 6.54. The van der Waals surface area contributed by atoms with Crippen LogP contribution < -0.4 is 5.73 Å². The van der Waals surface area contributed by atoms with Crippen LogP contribution in [0.25, 0.3) is 10.8 Å². The number of hydrogen-bond acceptors (Lipinski definition) is 3. The minimum Gasteiger partial charge on any atom is -0.326 e. The first kappa shape index (κ1) is 15.3. The van der Waals surface area contributed by atoms with Crippen molar-refractivity contribution < 1.29 is 0 Å². The molecule has 2 aromatic rings. The van der Waals surface area contributed by atoms with Gasteiger partial charge < -0.3 is 5.73 Å². The first-order valence-electron chi connectivity index (χ1n) is 7.64. The minimum absolute atomic E-state index is 0.239. The maximum Gasteiger partial charge on any atom is 0.0295 e. The summed E-state index contributed by atoms with van der Waals surface area (Å²) in [6, 6.07) is 15.4. The van der Waals surface area contributed by atoms with Gasteiger partial charge in [0, 0.05) is 27.5 Å². The average molecular weight is 318 g/mol. The summed E-state index contributed by atoms with van der Waals surface area (Å²) >= 11 is 4.16. The molecule has 0 saturated carbocycles. The summed E-state index contributed by atoms with van der Waals surface area (Å²) in [5, 5.41) is 4.68. The van der Waals surface area contributed by atoms with Crippen LogP contribution in [-0.4, -0.2) is 27.5 Å². The van der Waals surface area contributed by atoms with E-state index in [1.54, 1.807) is 0 Å². The molecule has 1 saturated heterocycles. The molecule has 1 heterocycles. The van der Waals surface area contributed by atoms with Gasteiger partial charge in [-0.1, -0.05) is 56.3 Å². The minimum atomic E-state index is 0.239. The highest BCUT2D eigenvalue weighted by molar-refractivity contribution is 8.07. The van der Waals surface area contributed by atoms with E-state index >= 15 is 0 Å². The van der Waals surface area contributed by atoms with E-state index in [2.05, 4.69) is 79.8 Å². The van der Waals surface area contributed by atoms with E-state index in [1.165, 1.54) is 22.1 Å². The smallest absolute Gasteiger partial charge is 0.0295 e. The molecule has 0 aliphatic carbocycles. The molecule has 1 fully saturated rings. The monoisotopic (exact) mass is 317 g/mol. The van der Waals surface area contributed by atoms with Crippen LogP contribution in [0.1, 0.15) is 19.4 Å². The molecule has 0 aromatic heterocycles. The van der Waals surface area contributed by atoms with E-state index in [0.29, 0.717) is 10.5 Å². The summed E-state index contributed by atoms with van der Waals surface area (Å²) in [5.41, 5.74) is 7.93. The van der Waals surface area contributed by atoms with Crippen molar-refractivity contribution in [3.63, 3.8) is 0 Å². The Balaban J connectivity index is 1.76. The number of hydrogen-bond donors (Lipinski definition) is 1. The molecule has 2 aromatic carbocycles. The van der Waals surface area contributed by atoms with Crippen LogP contribution in [0.2, 0.25) is 0 Å². The Morgan fingerprint density at radius 3 is 2.67 bits per heavy atom. The Kier molecular flexibility index (Phi) is 4.82. The zero-order valence-corrected chi connectivity index (χ0v) is 14.3. The standard InChI is InChI=1S/C18H23NS2/c1-12-13(2)21-18(11-20-12)17(19)10-15-8-5-7-14-6-3-4-9-16(14)15/h3-9,12-13,17-18H,10-11,19H2,1-2H3. The van der Waals surface area contributed by atoms with Gasteiger partial charge in [-0.2, -0.15) is 23.5 Å². The predicted molar refractivity (Wildman–Crippen MR) is 98.4 cm³/mol. The lowest BCUT2D eigenvalue weighted by molar-refractivity contribution is 0.659. The van der Waals surface area contributed by atoms with E-state index < -0.39 is 0 Å². The van der Waals surface area contributed by atoms with E-state index in [9.17, 15) is 0 Å². The topological polar surface area (TPSA) is 26.0 Å². The second kappa shape index (κ2) is 6.64. The van der Waals surface area contributed by atoms with Crippen molar-refractivity contribution in [1.29, 1.82) is 0 Å².